The van der Waals surface area contributed by atoms with Crippen molar-refractivity contribution in [3.8, 4) is 0 Å². The maximum atomic E-state index is 11.7. The van der Waals surface area contributed by atoms with Crippen LogP contribution in [0.1, 0.15) is 32.1 Å². The normalized spacial score (nSPS) is 14.6. The highest BCUT2D eigenvalue weighted by atomic mass is 79.9. The van der Waals surface area contributed by atoms with E-state index in [1.807, 2.05) is 24.3 Å². The topological polar surface area (TPSA) is 41.1 Å². The van der Waals surface area contributed by atoms with Crippen LogP contribution >= 0.6 is 15.9 Å². The lowest BCUT2D eigenvalue weighted by atomic mass is 9.97. The second kappa shape index (κ2) is 8.10. The van der Waals surface area contributed by atoms with Crippen LogP contribution in [0.4, 0.5) is 5.69 Å². The molecule has 1 aliphatic carbocycles. The summed E-state index contributed by atoms with van der Waals surface area (Å²) in [6, 6.07) is 7.81. The van der Waals surface area contributed by atoms with Crippen LogP contribution in [-0.4, -0.2) is 19.0 Å². The van der Waals surface area contributed by atoms with Gasteiger partial charge in [-0.05, 0) is 50.3 Å². The van der Waals surface area contributed by atoms with Gasteiger partial charge in [0.1, 0.15) is 0 Å². The van der Waals surface area contributed by atoms with Gasteiger partial charge in [-0.25, -0.2) is 0 Å². The SMILES string of the molecule is O=C(CNc1cccc(Br)c1)NCCC1=CCCCC1. The number of rotatable bonds is 6. The summed E-state index contributed by atoms with van der Waals surface area (Å²) in [7, 11) is 0. The third kappa shape index (κ3) is 5.37. The van der Waals surface area contributed by atoms with E-state index >= 15 is 0 Å². The minimum absolute atomic E-state index is 0.0429. The molecule has 0 spiro atoms. The van der Waals surface area contributed by atoms with Crippen LogP contribution in [0.5, 0.6) is 0 Å². The molecule has 2 rings (SSSR count). The molecular formula is C16H21BrN2O. The predicted octanol–water partition coefficient (Wildman–Crippen LogP) is 3.87. The molecule has 1 aliphatic rings. The second-order valence-corrected chi connectivity index (χ2v) is 5.99. The van der Waals surface area contributed by atoms with Gasteiger partial charge in [0.15, 0.2) is 0 Å². The first-order chi connectivity index (χ1) is 9.74. The predicted molar refractivity (Wildman–Crippen MR) is 86.8 cm³/mol. The van der Waals surface area contributed by atoms with Crippen molar-refractivity contribution in [3.63, 3.8) is 0 Å². The number of hydrogen-bond acceptors (Lipinski definition) is 2. The van der Waals surface area contributed by atoms with Crippen LogP contribution in [0.3, 0.4) is 0 Å². The summed E-state index contributed by atoms with van der Waals surface area (Å²) in [6.07, 6.45) is 8.33. The molecule has 4 heteroatoms. The van der Waals surface area contributed by atoms with E-state index in [4.69, 9.17) is 0 Å². The largest absolute Gasteiger partial charge is 0.376 e. The molecule has 1 aromatic rings. The highest BCUT2D eigenvalue weighted by molar-refractivity contribution is 9.10. The number of nitrogens with one attached hydrogen (secondary N) is 2. The molecule has 2 N–H and O–H groups in total. The standard InChI is InChI=1S/C16H21BrN2O/c17-14-7-4-8-15(11-14)19-12-16(20)18-10-9-13-5-2-1-3-6-13/h4-5,7-8,11,19H,1-3,6,9-10,12H2,(H,18,20). The van der Waals surface area contributed by atoms with Gasteiger partial charge in [0.25, 0.3) is 0 Å². The van der Waals surface area contributed by atoms with E-state index in [-0.39, 0.29) is 5.91 Å². The zero-order valence-corrected chi connectivity index (χ0v) is 13.2. The number of amides is 1. The van der Waals surface area contributed by atoms with Gasteiger partial charge in [-0.2, -0.15) is 0 Å². The monoisotopic (exact) mass is 336 g/mol. The number of hydrogen-bond donors (Lipinski definition) is 2. The summed E-state index contributed by atoms with van der Waals surface area (Å²) in [5, 5.41) is 6.08. The zero-order valence-electron chi connectivity index (χ0n) is 11.6. The minimum atomic E-state index is 0.0429. The van der Waals surface area contributed by atoms with Gasteiger partial charge in [-0.3, -0.25) is 4.79 Å². The molecule has 0 radical (unpaired) electrons. The van der Waals surface area contributed by atoms with Gasteiger partial charge in [-0.1, -0.05) is 33.6 Å². The molecule has 0 unspecified atom stereocenters. The van der Waals surface area contributed by atoms with Crippen LogP contribution in [0.25, 0.3) is 0 Å². The van der Waals surface area contributed by atoms with E-state index in [0.29, 0.717) is 6.54 Å². The number of allylic oxidation sites excluding steroid dienone is 1. The quantitative estimate of drug-likeness (QED) is 0.774. The Labute approximate surface area is 129 Å². The van der Waals surface area contributed by atoms with Gasteiger partial charge in [0.05, 0.1) is 6.54 Å². The fourth-order valence-corrected chi connectivity index (χ4v) is 2.74. The minimum Gasteiger partial charge on any atom is -0.376 e. The Morgan fingerprint density at radius 2 is 2.20 bits per heavy atom. The van der Waals surface area contributed by atoms with Gasteiger partial charge in [0.2, 0.25) is 5.91 Å². The van der Waals surface area contributed by atoms with Crippen LogP contribution < -0.4 is 10.6 Å². The molecule has 1 aromatic carbocycles. The average Bonchev–Trinajstić information content (AvgIpc) is 2.46. The van der Waals surface area contributed by atoms with Crippen molar-refractivity contribution in [1.29, 1.82) is 0 Å². The molecular weight excluding hydrogens is 316 g/mol. The molecule has 108 valence electrons. The Bertz CT molecular complexity index is 485. The molecule has 0 bridgehead atoms. The molecule has 0 aromatic heterocycles. The lowest BCUT2D eigenvalue weighted by molar-refractivity contribution is -0.119. The molecule has 0 heterocycles. The Morgan fingerprint density at radius 3 is 2.95 bits per heavy atom. The maximum Gasteiger partial charge on any atom is 0.239 e. The number of carbonyl (C=O) groups excluding carboxylic acids is 1. The summed E-state index contributed by atoms with van der Waals surface area (Å²) in [4.78, 5) is 11.7. The summed E-state index contributed by atoms with van der Waals surface area (Å²) in [6.45, 7) is 1.06. The average molecular weight is 337 g/mol. The highest BCUT2D eigenvalue weighted by Gasteiger charge is 2.05. The van der Waals surface area contributed by atoms with Crippen molar-refractivity contribution in [2.24, 2.45) is 0 Å². The number of carbonyl (C=O) groups is 1. The fraction of sp³-hybridized carbons (Fsp3) is 0.438. The smallest absolute Gasteiger partial charge is 0.239 e. The van der Waals surface area contributed by atoms with E-state index in [9.17, 15) is 4.79 Å². The Morgan fingerprint density at radius 1 is 1.30 bits per heavy atom. The first kappa shape index (κ1) is 15.1. The van der Waals surface area contributed by atoms with E-state index in [1.54, 1.807) is 0 Å². The Hall–Kier alpha value is -1.29. The highest BCUT2D eigenvalue weighted by Crippen LogP contribution is 2.19. The number of benzene rings is 1. The Balaban J connectivity index is 1.64. The van der Waals surface area contributed by atoms with Crippen LogP contribution in [0.2, 0.25) is 0 Å². The molecule has 1 amide bonds. The van der Waals surface area contributed by atoms with Gasteiger partial charge >= 0.3 is 0 Å². The first-order valence-electron chi connectivity index (χ1n) is 7.18. The number of halogens is 1. The van der Waals surface area contributed by atoms with E-state index in [2.05, 4.69) is 32.6 Å². The molecule has 20 heavy (non-hydrogen) atoms. The summed E-state index contributed by atoms with van der Waals surface area (Å²) < 4.78 is 1.01. The van der Waals surface area contributed by atoms with Crippen molar-refractivity contribution < 1.29 is 4.79 Å². The molecule has 0 fully saturated rings. The molecule has 0 aliphatic heterocycles. The maximum absolute atomic E-state index is 11.7. The first-order valence-corrected chi connectivity index (χ1v) is 7.97. The van der Waals surface area contributed by atoms with E-state index < -0.39 is 0 Å². The van der Waals surface area contributed by atoms with Gasteiger partial charge < -0.3 is 10.6 Å². The van der Waals surface area contributed by atoms with Crippen LogP contribution in [0.15, 0.2) is 40.4 Å². The van der Waals surface area contributed by atoms with E-state index in [1.165, 1.54) is 31.3 Å². The van der Waals surface area contributed by atoms with Crippen molar-refractivity contribution in [2.45, 2.75) is 32.1 Å². The molecule has 0 saturated heterocycles. The summed E-state index contributed by atoms with van der Waals surface area (Å²) >= 11 is 3.41. The van der Waals surface area contributed by atoms with Crippen molar-refractivity contribution in [1.82, 2.24) is 5.32 Å². The van der Waals surface area contributed by atoms with Crippen molar-refractivity contribution in [2.75, 3.05) is 18.4 Å². The molecule has 0 atom stereocenters. The van der Waals surface area contributed by atoms with Gasteiger partial charge in [0, 0.05) is 16.7 Å². The molecule has 3 nitrogen and oxygen atoms in total. The second-order valence-electron chi connectivity index (χ2n) is 5.07. The van der Waals surface area contributed by atoms with E-state index in [0.717, 1.165) is 23.1 Å². The lowest BCUT2D eigenvalue weighted by Crippen LogP contribution is -2.30. The molecule has 0 saturated carbocycles. The third-order valence-electron chi connectivity index (χ3n) is 3.43. The Kier molecular flexibility index (Phi) is 6.12. The number of anilines is 1. The summed E-state index contributed by atoms with van der Waals surface area (Å²) in [5.41, 5.74) is 2.45. The lowest BCUT2D eigenvalue weighted by Gasteiger charge is -2.13. The fourth-order valence-electron chi connectivity index (χ4n) is 2.34. The summed E-state index contributed by atoms with van der Waals surface area (Å²) in [5.74, 6) is 0.0429. The third-order valence-corrected chi connectivity index (χ3v) is 3.92. The zero-order chi connectivity index (χ0) is 14.2. The van der Waals surface area contributed by atoms with Crippen molar-refractivity contribution >= 4 is 27.5 Å². The van der Waals surface area contributed by atoms with Crippen LogP contribution in [-0.2, 0) is 4.79 Å². The van der Waals surface area contributed by atoms with Gasteiger partial charge in [-0.15, -0.1) is 0 Å². The van der Waals surface area contributed by atoms with Crippen molar-refractivity contribution in [3.05, 3.63) is 40.4 Å². The van der Waals surface area contributed by atoms with Crippen LogP contribution in [0, 0.1) is 0 Å².